The summed E-state index contributed by atoms with van der Waals surface area (Å²) in [5.74, 6) is -1.93. The van der Waals surface area contributed by atoms with E-state index in [1.807, 2.05) is 32.9 Å². The summed E-state index contributed by atoms with van der Waals surface area (Å²) in [6.45, 7) is 5.14. The van der Waals surface area contributed by atoms with Gasteiger partial charge in [0.15, 0.2) is 5.76 Å². The van der Waals surface area contributed by atoms with Gasteiger partial charge < -0.3 is 19.5 Å². The molecule has 0 aliphatic heterocycles. The maximum absolute atomic E-state index is 15.2. The molecule has 2 aromatic carbocycles. The Morgan fingerprint density at radius 2 is 1.58 bits per heavy atom. The Hall–Kier alpha value is -4.66. The van der Waals surface area contributed by atoms with E-state index in [0.717, 1.165) is 5.56 Å². The number of carbonyl (C=O) groups excluding carboxylic acids is 3. The van der Waals surface area contributed by atoms with E-state index < -0.39 is 36.1 Å². The molecular weight excluding hydrogens is 489 g/mol. The summed E-state index contributed by atoms with van der Waals surface area (Å²) < 4.78 is 25.6. The summed E-state index contributed by atoms with van der Waals surface area (Å²) in [5.41, 5.74) is 2.86. The summed E-state index contributed by atoms with van der Waals surface area (Å²) in [4.78, 5) is 41.3. The van der Waals surface area contributed by atoms with E-state index >= 15 is 4.39 Å². The summed E-state index contributed by atoms with van der Waals surface area (Å²) in [6, 6.07) is 14.6. The summed E-state index contributed by atoms with van der Waals surface area (Å²) in [7, 11) is 0. The molecule has 38 heavy (non-hydrogen) atoms. The molecule has 0 spiro atoms. The largest absolute Gasteiger partial charge is 0.467 e. The molecule has 0 bridgehead atoms. The maximum Gasteiger partial charge on any atom is 0.287 e. The smallest absolute Gasteiger partial charge is 0.287 e. The van der Waals surface area contributed by atoms with Crippen LogP contribution in [-0.4, -0.2) is 24.3 Å². The molecule has 1 atom stereocenters. The average Bonchev–Trinajstić information content (AvgIpc) is 3.60. The Bertz CT molecular complexity index is 1410. The summed E-state index contributed by atoms with van der Waals surface area (Å²) >= 11 is 0. The van der Waals surface area contributed by atoms with Crippen molar-refractivity contribution in [2.24, 2.45) is 0 Å². The van der Waals surface area contributed by atoms with Crippen molar-refractivity contribution in [1.82, 2.24) is 10.6 Å². The number of aryl methyl sites for hydroxylation is 3. The molecule has 2 N–H and O–H groups in total. The second kappa shape index (κ2) is 11.6. The van der Waals surface area contributed by atoms with Crippen molar-refractivity contribution in [2.75, 3.05) is 11.4 Å². The fourth-order valence-corrected chi connectivity index (χ4v) is 4.46. The molecule has 3 amide bonds. The standard InChI is InChI=1S/C29H28FN3O5/c1-18-14-19(2)26(20(3)15-18)33(25(34)17-32-28(35)24-11-7-13-38-24)27(22-9-4-5-10-23(22)30)29(36)31-16-21-8-6-12-37-21/h4-15,27H,16-17H2,1-3H3,(H,31,36)(H,32,35). The Labute approximate surface area is 219 Å². The lowest BCUT2D eigenvalue weighted by atomic mass is 9.98. The normalized spacial score (nSPS) is 11.6. The van der Waals surface area contributed by atoms with Crippen molar-refractivity contribution in [1.29, 1.82) is 0 Å². The van der Waals surface area contributed by atoms with Crippen LogP contribution in [0, 0.1) is 26.6 Å². The van der Waals surface area contributed by atoms with Gasteiger partial charge in [0.05, 0.1) is 31.3 Å². The average molecular weight is 518 g/mol. The zero-order chi connectivity index (χ0) is 27.2. The molecule has 196 valence electrons. The molecule has 2 heterocycles. The first-order chi connectivity index (χ1) is 18.3. The van der Waals surface area contributed by atoms with Crippen LogP contribution in [0.25, 0.3) is 0 Å². The Balaban J connectivity index is 1.77. The molecule has 0 radical (unpaired) electrons. The first-order valence-corrected chi connectivity index (χ1v) is 12.0. The molecule has 2 aromatic heterocycles. The first-order valence-electron chi connectivity index (χ1n) is 12.0. The van der Waals surface area contributed by atoms with Gasteiger partial charge >= 0.3 is 0 Å². The van der Waals surface area contributed by atoms with Crippen molar-refractivity contribution in [3.8, 4) is 0 Å². The molecule has 0 aliphatic carbocycles. The maximum atomic E-state index is 15.2. The highest BCUT2D eigenvalue weighted by Gasteiger charge is 2.36. The lowest BCUT2D eigenvalue weighted by Gasteiger charge is -2.34. The van der Waals surface area contributed by atoms with Crippen LogP contribution in [0.3, 0.4) is 0 Å². The van der Waals surface area contributed by atoms with Gasteiger partial charge in [0, 0.05) is 5.56 Å². The van der Waals surface area contributed by atoms with Crippen molar-refractivity contribution in [3.63, 3.8) is 0 Å². The summed E-state index contributed by atoms with van der Waals surface area (Å²) in [6.07, 6.45) is 2.83. The van der Waals surface area contributed by atoms with Crippen molar-refractivity contribution in [3.05, 3.63) is 113 Å². The van der Waals surface area contributed by atoms with Gasteiger partial charge in [0.1, 0.15) is 17.6 Å². The van der Waals surface area contributed by atoms with Gasteiger partial charge in [-0.3, -0.25) is 19.3 Å². The van der Waals surface area contributed by atoms with E-state index in [0.29, 0.717) is 22.6 Å². The third-order valence-corrected chi connectivity index (χ3v) is 6.01. The molecule has 0 fully saturated rings. The molecule has 4 rings (SSSR count). The zero-order valence-corrected chi connectivity index (χ0v) is 21.3. The van der Waals surface area contributed by atoms with Crippen molar-refractivity contribution >= 4 is 23.4 Å². The predicted octanol–water partition coefficient (Wildman–Crippen LogP) is 4.76. The number of benzene rings is 2. The highest BCUT2D eigenvalue weighted by molar-refractivity contribution is 6.05. The van der Waals surface area contributed by atoms with Crippen LogP contribution in [0.15, 0.2) is 82.0 Å². The molecule has 4 aromatic rings. The fraction of sp³-hybridized carbons (Fsp3) is 0.207. The van der Waals surface area contributed by atoms with Crippen molar-refractivity contribution in [2.45, 2.75) is 33.4 Å². The van der Waals surface area contributed by atoms with Crippen LogP contribution < -0.4 is 15.5 Å². The molecular formula is C29H28FN3O5. The van der Waals surface area contributed by atoms with Gasteiger partial charge in [-0.05, 0) is 62.2 Å². The topological polar surface area (TPSA) is 105 Å². The molecule has 0 saturated heterocycles. The van der Waals surface area contributed by atoms with Crippen molar-refractivity contribution < 1.29 is 27.6 Å². The second-order valence-electron chi connectivity index (χ2n) is 8.89. The summed E-state index contributed by atoms with van der Waals surface area (Å²) in [5, 5.41) is 5.29. The SMILES string of the molecule is Cc1cc(C)c(N(C(=O)CNC(=O)c2ccco2)C(C(=O)NCc2ccco2)c2ccccc2F)c(C)c1. The minimum atomic E-state index is -1.38. The predicted molar refractivity (Wildman–Crippen MR) is 139 cm³/mol. The molecule has 1 unspecified atom stereocenters. The quantitative estimate of drug-likeness (QED) is 0.333. The number of hydrogen-bond acceptors (Lipinski definition) is 5. The molecule has 0 saturated carbocycles. The highest BCUT2D eigenvalue weighted by atomic mass is 19.1. The Morgan fingerprint density at radius 3 is 2.21 bits per heavy atom. The number of carbonyl (C=O) groups is 3. The third kappa shape index (κ3) is 5.83. The van der Waals surface area contributed by atoms with Gasteiger partial charge in [0.2, 0.25) is 11.8 Å². The highest BCUT2D eigenvalue weighted by Crippen LogP contribution is 2.35. The number of rotatable bonds is 9. The minimum Gasteiger partial charge on any atom is -0.467 e. The minimum absolute atomic E-state index is 0.00883. The lowest BCUT2D eigenvalue weighted by molar-refractivity contribution is -0.126. The molecule has 0 aliphatic rings. The fourth-order valence-electron chi connectivity index (χ4n) is 4.46. The molecule has 9 heteroatoms. The zero-order valence-electron chi connectivity index (χ0n) is 21.3. The van der Waals surface area contributed by atoms with Gasteiger partial charge in [-0.25, -0.2) is 4.39 Å². The Kier molecular flexibility index (Phi) is 8.06. The number of anilines is 1. The van der Waals surface area contributed by atoms with Crippen LogP contribution in [0.4, 0.5) is 10.1 Å². The van der Waals surface area contributed by atoms with E-state index in [-0.39, 0.29) is 17.9 Å². The van der Waals surface area contributed by atoms with Gasteiger partial charge in [0.25, 0.3) is 5.91 Å². The molecule has 8 nitrogen and oxygen atoms in total. The third-order valence-electron chi connectivity index (χ3n) is 6.01. The number of nitrogens with one attached hydrogen (secondary N) is 2. The number of amides is 3. The van der Waals surface area contributed by atoms with E-state index in [1.165, 1.54) is 41.7 Å². The number of hydrogen-bond donors (Lipinski definition) is 2. The van der Waals surface area contributed by atoms with Gasteiger partial charge in [-0.1, -0.05) is 35.9 Å². The Morgan fingerprint density at radius 1 is 0.895 bits per heavy atom. The van der Waals surface area contributed by atoms with Crippen LogP contribution in [0.2, 0.25) is 0 Å². The number of nitrogens with zero attached hydrogens (tertiary/aromatic N) is 1. The second-order valence-corrected chi connectivity index (χ2v) is 8.89. The van der Waals surface area contributed by atoms with Crippen LogP contribution in [-0.2, 0) is 16.1 Å². The van der Waals surface area contributed by atoms with Crippen LogP contribution in [0.5, 0.6) is 0 Å². The van der Waals surface area contributed by atoms with Gasteiger partial charge in [-0.15, -0.1) is 0 Å². The van der Waals surface area contributed by atoms with E-state index in [9.17, 15) is 14.4 Å². The first kappa shape index (κ1) is 26.4. The van der Waals surface area contributed by atoms with Gasteiger partial charge in [-0.2, -0.15) is 0 Å². The van der Waals surface area contributed by atoms with E-state index in [2.05, 4.69) is 10.6 Å². The number of halogens is 1. The van der Waals surface area contributed by atoms with Crippen LogP contribution in [0.1, 0.15) is 44.6 Å². The van der Waals surface area contributed by atoms with Crippen LogP contribution >= 0.6 is 0 Å². The number of furan rings is 2. The lowest BCUT2D eigenvalue weighted by Crippen LogP contribution is -2.48. The van der Waals surface area contributed by atoms with E-state index in [1.54, 1.807) is 24.3 Å². The monoisotopic (exact) mass is 517 g/mol. The van der Waals surface area contributed by atoms with E-state index in [4.69, 9.17) is 8.83 Å².